The van der Waals surface area contributed by atoms with Crippen LogP contribution < -0.4 is 0 Å². The zero-order valence-electron chi connectivity index (χ0n) is 18.1. The Kier molecular flexibility index (Phi) is 11.5. The fourth-order valence-electron chi connectivity index (χ4n) is 3.14. The van der Waals surface area contributed by atoms with Crippen molar-refractivity contribution in [3.8, 4) is 0 Å². The second-order valence-electron chi connectivity index (χ2n) is 6.49. The van der Waals surface area contributed by atoms with E-state index in [1.807, 2.05) is 27.7 Å². The summed E-state index contributed by atoms with van der Waals surface area (Å²) in [6, 6.07) is 0. The molecule has 1 aliphatic heterocycles. The van der Waals surface area contributed by atoms with Crippen LogP contribution in [0.2, 0.25) is 0 Å². The summed E-state index contributed by atoms with van der Waals surface area (Å²) in [7, 11) is 0. The van der Waals surface area contributed by atoms with E-state index >= 15 is 0 Å². The first kappa shape index (κ1) is 26.2. The Morgan fingerprint density at radius 2 is 1.38 bits per heavy atom. The summed E-state index contributed by atoms with van der Waals surface area (Å²) in [5.74, 6) is 0.000570. The topological polar surface area (TPSA) is 63.2 Å². The van der Waals surface area contributed by atoms with Gasteiger partial charge in [0.15, 0.2) is 0 Å². The summed E-state index contributed by atoms with van der Waals surface area (Å²) in [4.78, 5) is 27.0. The summed E-state index contributed by atoms with van der Waals surface area (Å²) < 4.78 is 9.58. The van der Waals surface area contributed by atoms with Gasteiger partial charge >= 0.3 is 0 Å². The van der Waals surface area contributed by atoms with Gasteiger partial charge in [0.1, 0.15) is 11.0 Å². The molecule has 0 N–H and O–H groups in total. The minimum Gasteiger partial charge on any atom is -0.274 e. The first-order valence-corrected chi connectivity index (χ1v) is 12.8. The quantitative estimate of drug-likeness (QED) is 0.266. The van der Waals surface area contributed by atoms with Gasteiger partial charge in [0.25, 0.3) is 11.8 Å². The Morgan fingerprint density at radius 3 is 1.83 bits per heavy atom. The second kappa shape index (κ2) is 12.7. The standard InChI is InChI=1S/C17H19Br2N3O2S.2C2H6/c1-3-4-5-6-9(2)7-8-22-16(23)10-11(17(22)24)13(19)15-14(12(10)18)20-25-21-15;2*1-2/h9H,3-8H2,1-2H3;2*1-2H3. The third-order valence-corrected chi connectivity index (χ3v) is 6.73. The van der Waals surface area contributed by atoms with E-state index in [9.17, 15) is 9.59 Å². The number of nitrogens with zero attached hydrogens (tertiary/aromatic N) is 3. The maximum atomic E-state index is 12.8. The molecule has 1 aromatic heterocycles. The predicted octanol–water partition coefficient (Wildman–Crippen LogP) is 7.47. The van der Waals surface area contributed by atoms with Gasteiger partial charge in [0.2, 0.25) is 0 Å². The Morgan fingerprint density at radius 1 is 0.897 bits per heavy atom. The fraction of sp³-hybridized carbons (Fsp3) is 0.619. The van der Waals surface area contributed by atoms with Crippen LogP contribution in [-0.4, -0.2) is 32.0 Å². The number of hydrogen-bond donors (Lipinski definition) is 0. The lowest BCUT2D eigenvalue weighted by molar-refractivity contribution is 0.0645. The number of hydrogen-bond acceptors (Lipinski definition) is 5. The molecule has 0 bridgehead atoms. The molecule has 3 rings (SSSR count). The minimum atomic E-state index is -0.247. The minimum absolute atomic E-state index is 0.247. The van der Waals surface area contributed by atoms with E-state index in [1.165, 1.54) is 24.2 Å². The molecule has 0 aliphatic carbocycles. The number of carbonyl (C=O) groups is 2. The molecular formula is C21H31Br2N3O2S. The lowest BCUT2D eigenvalue weighted by Crippen LogP contribution is -2.31. The van der Waals surface area contributed by atoms with Gasteiger partial charge in [-0.15, -0.1) is 0 Å². The third kappa shape index (κ3) is 5.64. The van der Waals surface area contributed by atoms with Crippen molar-refractivity contribution in [1.82, 2.24) is 13.6 Å². The van der Waals surface area contributed by atoms with Crippen LogP contribution >= 0.6 is 43.6 Å². The average molecular weight is 549 g/mol. The summed E-state index contributed by atoms with van der Waals surface area (Å²) in [6.07, 6.45) is 5.59. The molecule has 162 valence electrons. The van der Waals surface area contributed by atoms with Crippen LogP contribution in [0.5, 0.6) is 0 Å². The monoisotopic (exact) mass is 547 g/mol. The molecule has 2 amide bonds. The van der Waals surface area contributed by atoms with E-state index in [0.717, 1.165) is 24.6 Å². The molecule has 5 nitrogen and oxygen atoms in total. The van der Waals surface area contributed by atoms with E-state index in [4.69, 9.17) is 0 Å². The highest BCUT2D eigenvalue weighted by atomic mass is 79.9. The molecule has 8 heteroatoms. The van der Waals surface area contributed by atoms with Crippen molar-refractivity contribution in [3.05, 3.63) is 20.1 Å². The number of imide groups is 1. The second-order valence-corrected chi connectivity index (χ2v) is 8.61. The van der Waals surface area contributed by atoms with E-state index in [0.29, 0.717) is 43.6 Å². The SMILES string of the molecule is CC.CC.CCCCCC(C)CCN1C(=O)c2c(c(Br)c3nsnc3c2Br)C1=O. The molecule has 0 radical (unpaired) electrons. The van der Waals surface area contributed by atoms with Crippen LogP contribution in [0.1, 0.15) is 94.4 Å². The van der Waals surface area contributed by atoms with E-state index in [-0.39, 0.29) is 11.8 Å². The molecule has 1 atom stereocenters. The van der Waals surface area contributed by atoms with Crippen molar-refractivity contribution in [1.29, 1.82) is 0 Å². The average Bonchev–Trinajstić information content (AvgIpc) is 3.32. The van der Waals surface area contributed by atoms with Crippen molar-refractivity contribution >= 4 is 66.4 Å². The summed E-state index contributed by atoms with van der Waals surface area (Å²) in [6.45, 7) is 12.8. The number of unbranched alkanes of at least 4 members (excludes halogenated alkanes) is 2. The molecule has 0 spiro atoms. The van der Waals surface area contributed by atoms with Crippen LogP contribution in [0, 0.1) is 5.92 Å². The maximum Gasteiger partial charge on any atom is 0.262 e. The highest BCUT2D eigenvalue weighted by molar-refractivity contribution is 9.11. The van der Waals surface area contributed by atoms with Crippen molar-refractivity contribution in [2.45, 2.75) is 73.6 Å². The lowest BCUT2D eigenvalue weighted by atomic mass is 10.00. The Bertz CT molecular complexity index is 783. The van der Waals surface area contributed by atoms with Crippen LogP contribution in [0.25, 0.3) is 11.0 Å². The predicted molar refractivity (Wildman–Crippen MR) is 129 cm³/mol. The zero-order valence-corrected chi connectivity index (χ0v) is 22.1. The van der Waals surface area contributed by atoms with Gasteiger partial charge in [-0.25, -0.2) is 0 Å². The molecule has 1 unspecified atom stereocenters. The van der Waals surface area contributed by atoms with Crippen molar-refractivity contribution < 1.29 is 9.59 Å². The highest BCUT2D eigenvalue weighted by Crippen LogP contribution is 2.41. The Balaban J connectivity index is 0.000000989. The van der Waals surface area contributed by atoms with Crippen LogP contribution in [0.4, 0.5) is 0 Å². The summed E-state index contributed by atoms with van der Waals surface area (Å²) in [5, 5.41) is 0. The Labute approximate surface area is 195 Å². The lowest BCUT2D eigenvalue weighted by Gasteiger charge is -2.17. The number of amides is 2. The van der Waals surface area contributed by atoms with Gasteiger partial charge < -0.3 is 0 Å². The molecule has 2 heterocycles. The Hall–Kier alpha value is -0.860. The number of rotatable bonds is 7. The normalized spacial score (nSPS) is 13.6. The molecule has 1 aromatic carbocycles. The zero-order chi connectivity index (χ0) is 22.1. The number of carbonyl (C=O) groups excluding carboxylic acids is 2. The van der Waals surface area contributed by atoms with Crippen molar-refractivity contribution in [2.75, 3.05) is 6.54 Å². The highest BCUT2D eigenvalue weighted by Gasteiger charge is 2.40. The van der Waals surface area contributed by atoms with E-state index in [1.54, 1.807) is 0 Å². The number of aromatic nitrogens is 2. The first-order chi connectivity index (χ1) is 14.0. The number of fused-ring (bicyclic) bond motifs is 2. The van der Waals surface area contributed by atoms with Gasteiger partial charge in [-0.1, -0.05) is 67.2 Å². The van der Waals surface area contributed by atoms with E-state index < -0.39 is 0 Å². The summed E-state index contributed by atoms with van der Waals surface area (Å²) >= 11 is 7.96. The molecular weight excluding hydrogens is 518 g/mol. The number of halogens is 2. The largest absolute Gasteiger partial charge is 0.274 e. The van der Waals surface area contributed by atoms with Gasteiger partial charge in [-0.3, -0.25) is 14.5 Å². The summed E-state index contributed by atoms with van der Waals surface area (Å²) in [5.41, 5.74) is 2.03. The molecule has 0 fully saturated rings. The van der Waals surface area contributed by atoms with Crippen LogP contribution in [0.3, 0.4) is 0 Å². The maximum absolute atomic E-state index is 12.8. The van der Waals surface area contributed by atoms with Gasteiger partial charge in [-0.2, -0.15) is 8.75 Å². The van der Waals surface area contributed by atoms with Crippen LogP contribution in [-0.2, 0) is 0 Å². The van der Waals surface area contributed by atoms with Gasteiger partial charge in [-0.05, 0) is 44.2 Å². The van der Waals surface area contributed by atoms with Gasteiger partial charge in [0, 0.05) is 6.54 Å². The third-order valence-electron chi connectivity index (χ3n) is 4.66. The molecule has 1 aliphatic rings. The van der Waals surface area contributed by atoms with Crippen LogP contribution in [0.15, 0.2) is 8.95 Å². The van der Waals surface area contributed by atoms with E-state index in [2.05, 4.69) is 54.5 Å². The van der Waals surface area contributed by atoms with Crippen molar-refractivity contribution in [3.63, 3.8) is 0 Å². The smallest absolute Gasteiger partial charge is 0.262 e. The molecule has 2 aromatic rings. The van der Waals surface area contributed by atoms with Crippen molar-refractivity contribution in [2.24, 2.45) is 5.92 Å². The molecule has 0 saturated carbocycles. The first-order valence-electron chi connectivity index (χ1n) is 10.5. The van der Waals surface area contributed by atoms with Gasteiger partial charge in [0.05, 0.1) is 31.8 Å². The molecule has 0 saturated heterocycles. The molecule has 29 heavy (non-hydrogen) atoms. The fourth-order valence-corrected chi connectivity index (χ4v) is 5.22. The number of benzene rings is 1.